The number of hydrogen-bond donors (Lipinski definition) is 2. The number of hydrogen-bond acceptors (Lipinski definition) is 3. The van der Waals surface area contributed by atoms with Crippen LogP contribution in [0.1, 0.15) is 6.92 Å². The molecule has 3 N–H and O–H groups in total. The van der Waals surface area contributed by atoms with E-state index in [9.17, 15) is 22.4 Å². The highest BCUT2D eigenvalue weighted by molar-refractivity contribution is 8.00. The number of rotatable bonds is 4. The Morgan fingerprint density at radius 1 is 1.13 bits per heavy atom. The highest BCUT2D eigenvalue weighted by Crippen LogP contribution is 2.28. The summed E-state index contributed by atoms with van der Waals surface area (Å²) in [4.78, 5) is 12.7. The molecule has 1 atom stereocenters. The van der Waals surface area contributed by atoms with Crippen LogP contribution in [0, 0.1) is 23.3 Å². The van der Waals surface area contributed by atoms with E-state index in [-0.39, 0.29) is 6.07 Å². The van der Waals surface area contributed by atoms with Crippen LogP contribution in [0.2, 0.25) is 0 Å². The summed E-state index contributed by atoms with van der Waals surface area (Å²) in [7, 11) is 0. The van der Waals surface area contributed by atoms with Crippen molar-refractivity contribution in [3.63, 3.8) is 0 Å². The fraction of sp³-hybridized carbons (Fsp3) is 0.133. The molecule has 2 aromatic carbocycles. The SMILES string of the molecule is CC(Sc1cccc(N)c1)C(=O)Nc1c(F)c(F)cc(F)c1F. The van der Waals surface area contributed by atoms with Gasteiger partial charge >= 0.3 is 0 Å². The van der Waals surface area contributed by atoms with Crippen LogP contribution in [-0.4, -0.2) is 11.2 Å². The maximum Gasteiger partial charge on any atom is 0.237 e. The van der Waals surface area contributed by atoms with Gasteiger partial charge in [0.15, 0.2) is 23.3 Å². The van der Waals surface area contributed by atoms with Crippen LogP contribution in [0.5, 0.6) is 0 Å². The second-order valence-corrected chi connectivity index (χ2v) is 6.08. The van der Waals surface area contributed by atoms with Gasteiger partial charge in [-0.3, -0.25) is 4.79 Å². The molecule has 0 heterocycles. The maximum absolute atomic E-state index is 13.5. The first-order chi connectivity index (χ1) is 10.8. The Labute approximate surface area is 133 Å². The van der Waals surface area contributed by atoms with E-state index in [1.807, 2.05) is 5.32 Å². The minimum Gasteiger partial charge on any atom is -0.399 e. The van der Waals surface area contributed by atoms with Crippen LogP contribution in [0.15, 0.2) is 35.2 Å². The molecular formula is C15H12F4N2OS. The largest absolute Gasteiger partial charge is 0.399 e. The first-order valence-electron chi connectivity index (χ1n) is 6.45. The van der Waals surface area contributed by atoms with Gasteiger partial charge in [0.1, 0.15) is 5.69 Å². The van der Waals surface area contributed by atoms with E-state index in [2.05, 4.69) is 0 Å². The minimum atomic E-state index is -1.65. The molecule has 122 valence electrons. The van der Waals surface area contributed by atoms with E-state index in [1.165, 1.54) is 6.92 Å². The average Bonchev–Trinajstić information content (AvgIpc) is 2.49. The standard InChI is InChI=1S/C15H12F4N2OS/c1-7(23-9-4-2-3-8(20)5-9)15(22)21-14-12(18)10(16)6-11(17)13(14)19/h2-7H,20H2,1H3,(H,21,22). The predicted octanol–water partition coefficient (Wildman–Crippen LogP) is 3.94. The third-order valence-electron chi connectivity index (χ3n) is 2.90. The first kappa shape index (κ1) is 17.1. The molecule has 1 unspecified atom stereocenters. The Kier molecular flexibility index (Phi) is 5.15. The normalized spacial score (nSPS) is 12.0. The molecule has 0 aliphatic heterocycles. The number of benzene rings is 2. The highest BCUT2D eigenvalue weighted by Gasteiger charge is 2.23. The Bertz CT molecular complexity index is 728. The molecule has 1 amide bonds. The van der Waals surface area contributed by atoms with E-state index in [4.69, 9.17) is 5.73 Å². The Balaban J connectivity index is 2.16. The molecule has 0 saturated carbocycles. The lowest BCUT2D eigenvalue weighted by atomic mass is 10.2. The van der Waals surface area contributed by atoms with Crippen LogP contribution in [0.4, 0.5) is 28.9 Å². The minimum absolute atomic E-state index is 0.0746. The van der Waals surface area contributed by atoms with Crippen molar-refractivity contribution in [1.82, 2.24) is 0 Å². The molecular weight excluding hydrogens is 332 g/mol. The van der Waals surface area contributed by atoms with E-state index in [1.54, 1.807) is 24.3 Å². The number of nitrogens with two attached hydrogens (primary N) is 1. The lowest BCUT2D eigenvalue weighted by Crippen LogP contribution is -2.24. The van der Waals surface area contributed by atoms with E-state index in [0.29, 0.717) is 10.6 Å². The summed E-state index contributed by atoms with van der Waals surface area (Å²) in [5, 5.41) is 1.10. The third kappa shape index (κ3) is 3.95. The molecule has 0 aliphatic rings. The quantitative estimate of drug-likeness (QED) is 0.382. The van der Waals surface area contributed by atoms with E-state index >= 15 is 0 Å². The lowest BCUT2D eigenvalue weighted by Gasteiger charge is -2.14. The van der Waals surface area contributed by atoms with Gasteiger partial charge in [-0.2, -0.15) is 0 Å². The summed E-state index contributed by atoms with van der Waals surface area (Å²) < 4.78 is 53.3. The van der Waals surface area contributed by atoms with E-state index < -0.39 is 40.1 Å². The number of anilines is 2. The van der Waals surface area contributed by atoms with Crippen molar-refractivity contribution in [1.29, 1.82) is 0 Å². The fourth-order valence-corrected chi connectivity index (χ4v) is 2.69. The molecule has 2 aromatic rings. The second kappa shape index (κ2) is 6.91. The molecule has 23 heavy (non-hydrogen) atoms. The number of carbonyl (C=O) groups is 1. The highest BCUT2D eigenvalue weighted by atomic mass is 32.2. The van der Waals surface area contributed by atoms with Crippen molar-refractivity contribution in [3.8, 4) is 0 Å². The summed E-state index contributed by atoms with van der Waals surface area (Å²) in [6.45, 7) is 1.48. The van der Waals surface area contributed by atoms with Gasteiger partial charge in [0.2, 0.25) is 5.91 Å². The summed E-state index contributed by atoms with van der Waals surface area (Å²) >= 11 is 1.08. The molecule has 0 bridgehead atoms. The fourth-order valence-electron chi connectivity index (χ4n) is 1.75. The summed E-state index contributed by atoms with van der Waals surface area (Å²) in [5.74, 6) is -7.29. The van der Waals surface area contributed by atoms with Gasteiger partial charge in [-0.1, -0.05) is 6.07 Å². The maximum atomic E-state index is 13.5. The molecule has 0 aromatic heterocycles. The number of carbonyl (C=O) groups excluding carboxylic acids is 1. The van der Waals surface area contributed by atoms with E-state index in [0.717, 1.165) is 11.8 Å². The van der Waals surface area contributed by atoms with Gasteiger partial charge in [-0.15, -0.1) is 11.8 Å². The number of nitrogen functional groups attached to an aromatic ring is 1. The van der Waals surface area contributed by atoms with Gasteiger partial charge in [-0.05, 0) is 25.1 Å². The topological polar surface area (TPSA) is 55.1 Å². The number of halogens is 4. The number of nitrogens with one attached hydrogen (secondary N) is 1. The van der Waals surface area contributed by atoms with Crippen molar-refractivity contribution in [3.05, 3.63) is 53.6 Å². The van der Waals surface area contributed by atoms with Crippen LogP contribution < -0.4 is 11.1 Å². The van der Waals surface area contributed by atoms with Crippen molar-refractivity contribution in [2.24, 2.45) is 0 Å². The van der Waals surface area contributed by atoms with Gasteiger partial charge < -0.3 is 11.1 Å². The molecule has 0 spiro atoms. The van der Waals surface area contributed by atoms with Crippen LogP contribution in [0.3, 0.4) is 0 Å². The summed E-state index contributed by atoms with van der Waals surface area (Å²) in [5.41, 5.74) is 4.96. The average molecular weight is 344 g/mol. The van der Waals surface area contributed by atoms with Gasteiger partial charge in [0.25, 0.3) is 0 Å². The lowest BCUT2D eigenvalue weighted by molar-refractivity contribution is -0.115. The molecule has 0 saturated heterocycles. The van der Waals surface area contributed by atoms with Crippen molar-refractivity contribution in [2.45, 2.75) is 17.1 Å². The zero-order chi connectivity index (χ0) is 17.1. The number of amides is 1. The third-order valence-corrected chi connectivity index (χ3v) is 3.99. The van der Waals surface area contributed by atoms with Crippen molar-refractivity contribution < 1.29 is 22.4 Å². The predicted molar refractivity (Wildman–Crippen MR) is 81.1 cm³/mol. The van der Waals surface area contributed by atoms with Gasteiger partial charge in [-0.25, -0.2) is 17.6 Å². The Morgan fingerprint density at radius 3 is 2.30 bits per heavy atom. The first-order valence-corrected chi connectivity index (χ1v) is 7.33. The smallest absolute Gasteiger partial charge is 0.237 e. The zero-order valence-corrected chi connectivity index (χ0v) is 12.7. The second-order valence-electron chi connectivity index (χ2n) is 4.66. The van der Waals surface area contributed by atoms with Gasteiger partial charge in [0, 0.05) is 16.6 Å². The Morgan fingerprint density at radius 2 is 1.74 bits per heavy atom. The summed E-state index contributed by atoms with van der Waals surface area (Å²) in [6.07, 6.45) is 0. The van der Waals surface area contributed by atoms with Gasteiger partial charge in [0.05, 0.1) is 5.25 Å². The Hall–Kier alpha value is -2.22. The molecule has 2 rings (SSSR count). The molecule has 0 radical (unpaired) electrons. The van der Waals surface area contributed by atoms with Crippen LogP contribution >= 0.6 is 11.8 Å². The zero-order valence-electron chi connectivity index (χ0n) is 11.9. The number of thioether (sulfide) groups is 1. The summed E-state index contributed by atoms with van der Waals surface area (Å²) in [6, 6.07) is 6.75. The molecule has 3 nitrogen and oxygen atoms in total. The molecule has 0 fully saturated rings. The van der Waals surface area contributed by atoms with Crippen LogP contribution in [0.25, 0.3) is 0 Å². The van der Waals surface area contributed by atoms with Crippen LogP contribution in [-0.2, 0) is 4.79 Å². The van der Waals surface area contributed by atoms with Crippen molar-refractivity contribution >= 4 is 29.0 Å². The molecule has 8 heteroatoms. The monoisotopic (exact) mass is 344 g/mol. The molecule has 0 aliphatic carbocycles. The van der Waals surface area contributed by atoms with Crippen molar-refractivity contribution in [2.75, 3.05) is 11.1 Å².